The predicted molar refractivity (Wildman–Crippen MR) is 84.0 cm³/mol. The number of fused-ring (bicyclic) bond motifs is 1. The maximum Gasteiger partial charge on any atom is 0.169 e. The Morgan fingerprint density at radius 1 is 1.14 bits per heavy atom. The fraction of sp³-hybridized carbons (Fsp3) is 0.267. The molecular formula is C15H15FN4S. The van der Waals surface area contributed by atoms with Gasteiger partial charge in [0.15, 0.2) is 5.82 Å². The van der Waals surface area contributed by atoms with Gasteiger partial charge in [-0.3, -0.25) is 0 Å². The number of anilines is 1. The quantitative estimate of drug-likeness (QED) is 0.790. The molecule has 1 saturated heterocycles. The molecule has 3 aromatic rings. The first kappa shape index (κ1) is 12.8. The molecule has 1 aromatic carbocycles. The van der Waals surface area contributed by atoms with Crippen molar-refractivity contribution in [2.24, 2.45) is 0 Å². The Bertz CT molecular complexity index is 773. The maximum atomic E-state index is 14.1. The summed E-state index contributed by atoms with van der Waals surface area (Å²) in [6.07, 6.45) is 0. The predicted octanol–water partition coefficient (Wildman–Crippen LogP) is 2.64. The molecule has 4 nitrogen and oxygen atoms in total. The van der Waals surface area contributed by atoms with Gasteiger partial charge in [-0.25, -0.2) is 9.07 Å². The number of halogens is 1. The second-order valence-corrected chi connectivity index (χ2v) is 5.97. The number of hydrogen-bond acceptors (Lipinski definition) is 4. The van der Waals surface area contributed by atoms with Crippen molar-refractivity contribution in [3.05, 3.63) is 41.5 Å². The largest absolute Gasteiger partial charge is 0.351 e. The van der Waals surface area contributed by atoms with Crippen molar-refractivity contribution in [3.63, 3.8) is 0 Å². The highest BCUT2D eigenvalue weighted by atomic mass is 32.1. The van der Waals surface area contributed by atoms with Crippen LogP contribution >= 0.6 is 11.3 Å². The van der Waals surface area contributed by atoms with Crippen LogP contribution in [0.4, 0.5) is 10.2 Å². The monoisotopic (exact) mass is 302 g/mol. The van der Waals surface area contributed by atoms with Gasteiger partial charge in [0.2, 0.25) is 0 Å². The lowest BCUT2D eigenvalue weighted by Crippen LogP contribution is -2.43. The van der Waals surface area contributed by atoms with E-state index in [4.69, 9.17) is 0 Å². The van der Waals surface area contributed by atoms with Crippen LogP contribution in [0.15, 0.2) is 35.7 Å². The van der Waals surface area contributed by atoms with Gasteiger partial charge < -0.3 is 10.2 Å². The van der Waals surface area contributed by atoms with E-state index in [0.29, 0.717) is 5.69 Å². The Morgan fingerprint density at radius 2 is 1.95 bits per heavy atom. The van der Waals surface area contributed by atoms with E-state index in [9.17, 15) is 4.39 Å². The van der Waals surface area contributed by atoms with Gasteiger partial charge in [-0.2, -0.15) is 0 Å². The molecule has 0 bridgehead atoms. The lowest BCUT2D eigenvalue weighted by molar-refractivity contribution is 0.582. The van der Waals surface area contributed by atoms with E-state index in [2.05, 4.69) is 15.3 Å². The highest BCUT2D eigenvalue weighted by Crippen LogP contribution is 2.33. The first-order chi connectivity index (χ1) is 10.3. The molecule has 1 aliphatic rings. The van der Waals surface area contributed by atoms with E-state index in [1.54, 1.807) is 28.2 Å². The molecule has 0 spiro atoms. The summed E-state index contributed by atoms with van der Waals surface area (Å²) >= 11 is 1.66. The van der Waals surface area contributed by atoms with Crippen LogP contribution in [0.3, 0.4) is 0 Å². The number of nitrogens with zero attached hydrogens (tertiary/aromatic N) is 3. The number of hydrogen-bond donors (Lipinski definition) is 1. The van der Waals surface area contributed by atoms with E-state index >= 15 is 0 Å². The molecule has 2 aromatic heterocycles. The number of rotatable bonds is 2. The molecule has 0 atom stereocenters. The average Bonchev–Trinajstić information content (AvgIpc) is 3.11. The lowest BCUT2D eigenvalue weighted by atomic mass is 10.3. The Kier molecular flexibility index (Phi) is 3.12. The summed E-state index contributed by atoms with van der Waals surface area (Å²) < 4.78 is 16.9. The number of aromatic nitrogens is 2. The summed E-state index contributed by atoms with van der Waals surface area (Å²) in [7, 11) is 0. The highest BCUT2D eigenvalue weighted by molar-refractivity contribution is 7.17. The van der Waals surface area contributed by atoms with Crippen LogP contribution in [0.25, 0.3) is 15.9 Å². The van der Waals surface area contributed by atoms with E-state index < -0.39 is 0 Å². The minimum absolute atomic E-state index is 0.250. The van der Waals surface area contributed by atoms with Crippen LogP contribution in [-0.2, 0) is 0 Å². The van der Waals surface area contributed by atoms with Crippen LogP contribution in [-0.4, -0.2) is 36.0 Å². The van der Waals surface area contributed by atoms with Crippen molar-refractivity contribution in [1.82, 2.24) is 15.1 Å². The molecule has 1 N–H and O–H groups in total. The molecule has 0 unspecified atom stereocenters. The van der Waals surface area contributed by atoms with Gasteiger partial charge in [0.25, 0.3) is 0 Å². The van der Waals surface area contributed by atoms with E-state index in [1.165, 1.54) is 6.07 Å². The topological polar surface area (TPSA) is 33.1 Å². The zero-order chi connectivity index (χ0) is 14.2. The minimum Gasteiger partial charge on any atom is -0.351 e. The summed E-state index contributed by atoms with van der Waals surface area (Å²) in [5.41, 5.74) is 1.47. The average molecular weight is 302 g/mol. The number of nitrogens with one attached hydrogen (secondary N) is 1. The molecule has 108 valence electrons. The van der Waals surface area contributed by atoms with Crippen molar-refractivity contribution >= 4 is 27.4 Å². The van der Waals surface area contributed by atoms with E-state index in [1.807, 2.05) is 17.5 Å². The third kappa shape index (κ3) is 2.11. The second-order valence-electron chi connectivity index (χ2n) is 5.06. The van der Waals surface area contributed by atoms with Gasteiger partial charge in [0.05, 0.1) is 10.2 Å². The second kappa shape index (κ2) is 5.13. The van der Waals surface area contributed by atoms with E-state index in [-0.39, 0.29) is 5.82 Å². The fourth-order valence-electron chi connectivity index (χ4n) is 2.72. The molecule has 0 aliphatic carbocycles. The zero-order valence-corrected chi connectivity index (χ0v) is 12.2. The Labute approximate surface area is 125 Å². The summed E-state index contributed by atoms with van der Waals surface area (Å²) in [4.78, 5) is 2.27. The lowest BCUT2D eigenvalue weighted by Gasteiger charge is -2.27. The third-order valence-electron chi connectivity index (χ3n) is 3.77. The van der Waals surface area contributed by atoms with Crippen molar-refractivity contribution in [2.75, 3.05) is 31.1 Å². The Morgan fingerprint density at radius 3 is 2.76 bits per heavy atom. The molecule has 6 heteroatoms. The fourth-order valence-corrected chi connectivity index (χ4v) is 3.60. The molecule has 3 heterocycles. The first-order valence-corrected chi connectivity index (χ1v) is 7.89. The first-order valence-electron chi connectivity index (χ1n) is 7.01. The van der Waals surface area contributed by atoms with Gasteiger partial charge >= 0.3 is 0 Å². The van der Waals surface area contributed by atoms with Gasteiger partial charge in [0.1, 0.15) is 11.5 Å². The van der Waals surface area contributed by atoms with Gasteiger partial charge in [0, 0.05) is 26.2 Å². The highest BCUT2D eigenvalue weighted by Gasteiger charge is 2.21. The summed E-state index contributed by atoms with van der Waals surface area (Å²) in [5, 5.41) is 10.1. The zero-order valence-electron chi connectivity index (χ0n) is 11.4. The molecule has 0 amide bonds. The van der Waals surface area contributed by atoms with Gasteiger partial charge in [-0.15, -0.1) is 16.4 Å². The minimum atomic E-state index is -0.250. The van der Waals surface area contributed by atoms with Crippen molar-refractivity contribution < 1.29 is 4.39 Å². The Hall–Kier alpha value is -1.92. The smallest absolute Gasteiger partial charge is 0.169 e. The van der Waals surface area contributed by atoms with Crippen molar-refractivity contribution in [3.8, 4) is 5.69 Å². The molecule has 1 fully saturated rings. The molecule has 0 saturated carbocycles. The molecule has 1 aliphatic heterocycles. The van der Waals surface area contributed by atoms with Crippen LogP contribution in [0.1, 0.15) is 0 Å². The standard InChI is InChI=1S/C15H15FN4S/c16-11-3-1-2-4-12(11)20-13-5-10-21-14(13)15(18-20)19-8-6-17-7-9-19/h1-5,10,17H,6-9H2. The number of piperazine rings is 1. The summed E-state index contributed by atoms with van der Waals surface area (Å²) in [5.74, 6) is 0.713. The normalized spacial score (nSPS) is 15.8. The maximum absolute atomic E-state index is 14.1. The summed E-state index contributed by atoms with van der Waals surface area (Å²) in [6.45, 7) is 3.78. The summed E-state index contributed by atoms with van der Waals surface area (Å²) in [6, 6.07) is 8.78. The van der Waals surface area contributed by atoms with Crippen LogP contribution in [0.5, 0.6) is 0 Å². The van der Waals surface area contributed by atoms with Gasteiger partial charge in [-0.05, 0) is 23.6 Å². The molecule has 0 radical (unpaired) electrons. The Balaban J connectivity index is 1.87. The van der Waals surface area contributed by atoms with Gasteiger partial charge in [-0.1, -0.05) is 12.1 Å². The third-order valence-corrected chi connectivity index (χ3v) is 4.67. The molecule has 21 heavy (non-hydrogen) atoms. The number of thiophene rings is 1. The van der Waals surface area contributed by atoms with Crippen LogP contribution in [0.2, 0.25) is 0 Å². The molecule has 4 rings (SSSR count). The van der Waals surface area contributed by atoms with E-state index in [0.717, 1.165) is 42.2 Å². The van der Waals surface area contributed by atoms with Crippen LogP contribution < -0.4 is 10.2 Å². The number of para-hydroxylation sites is 1. The SMILES string of the molecule is Fc1ccccc1-n1nc(N2CCNCC2)c2sccc21. The van der Waals surface area contributed by atoms with Crippen molar-refractivity contribution in [1.29, 1.82) is 0 Å². The van der Waals surface area contributed by atoms with Crippen LogP contribution in [0, 0.1) is 5.82 Å². The molecular weight excluding hydrogens is 287 g/mol. The van der Waals surface area contributed by atoms with Crippen molar-refractivity contribution in [2.45, 2.75) is 0 Å². The number of benzene rings is 1.